The SMILES string of the molecule is CCOC(=O)C=Cc1c(-c2ccc(F)cc2)c2c3ccccc3ccn2c1CC. The Hall–Kier alpha value is -3.40. The molecule has 4 aromatic rings. The molecule has 2 aromatic carbocycles. The van der Waals surface area contributed by atoms with Gasteiger partial charge in [-0.15, -0.1) is 0 Å². The predicted molar refractivity (Wildman–Crippen MR) is 115 cm³/mol. The molecule has 0 saturated heterocycles. The molecule has 0 aliphatic carbocycles. The number of carbonyl (C=O) groups is 1. The average molecular weight is 387 g/mol. The predicted octanol–water partition coefficient (Wildman–Crippen LogP) is 6.04. The van der Waals surface area contributed by atoms with Crippen LogP contribution >= 0.6 is 0 Å². The molecular formula is C25H22FNO2. The van der Waals surface area contributed by atoms with Gasteiger partial charge in [-0.05, 0) is 48.6 Å². The monoisotopic (exact) mass is 387 g/mol. The minimum Gasteiger partial charge on any atom is -0.463 e. The number of carbonyl (C=O) groups excluding carboxylic acids is 1. The summed E-state index contributed by atoms with van der Waals surface area (Å²) in [5.74, 6) is -0.652. The van der Waals surface area contributed by atoms with Crippen molar-refractivity contribution >= 4 is 28.3 Å². The maximum atomic E-state index is 13.6. The highest BCUT2D eigenvalue weighted by atomic mass is 19.1. The summed E-state index contributed by atoms with van der Waals surface area (Å²) in [5.41, 5.74) is 4.98. The largest absolute Gasteiger partial charge is 0.463 e. The van der Waals surface area contributed by atoms with Gasteiger partial charge >= 0.3 is 5.97 Å². The first kappa shape index (κ1) is 18.9. The topological polar surface area (TPSA) is 30.7 Å². The van der Waals surface area contributed by atoms with E-state index in [1.54, 1.807) is 19.1 Å². The number of hydrogen-bond acceptors (Lipinski definition) is 2. The summed E-state index contributed by atoms with van der Waals surface area (Å²) in [7, 11) is 0. The normalized spacial score (nSPS) is 11.6. The van der Waals surface area contributed by atoms with Crippen LogP contribution in [0.4, 0.5) is 4.39 Å². The minimum absolute atomic E-state index is 0.276. The summed E-state index contributed by atoms with van der Waals surface area (Å²) >= 11 is 0. The summed E-state index contributed by atoms with van der Waals surface area (Å²) in [6.45, 7) is 4.20. The number of benzene rings is 2. The molecule has 4 heteroatoms. The van der Waals surface area contributed by atoms with Crippen LogP contribution in [0.15, 0.2) is 66.9 Å². The van der Waals surface area contributed by atoms with Gasteiger partial charge in [0.25, 0.3) is 0 Å². The Morgan fingerprint density at radius 2 is 1.83 bits per heavy atom. The second-order valence-corrected chi connectivity index (χ2v) is 6.80. The number of esters is 1. The highest BCUT2D eigenvalue weighted by Gasteiger charge is 2.19. The van der Waals surface area contributed by atoms with Crippen molar-refractivity contribution < 1.29 is 13.9 Å². The van der Waals surface area contributed by atoms with E-state index in [1.165, 1.54) is 18.2 Å². The van der Waals surface area contributed by atoms with Crippen LogP contribution in [0.5, 0.6) is 0 Å². The van der Waals surface area contributed by atoms with Crippen molar-refractivity contribution in [1.82, 2.24) is 4.40 Å². The first-order chi connectivity index (χ1) is 14.1. The maximum Gasteiger partial charge on any atom is 0.330 e. The highest BCUT2D eigenvalue weighted by molar-refractivity contribution is 6.07. The molecule has 0 radical (unpaired) electrons. The third-order valence-corrected chi connectivity index (χ3v) is 5.11. The Kier molecular flexibility index (Phi) is 5.17. The van der Waals surface area contributed by atoms with Crippen LogP contribution in [0.1, 0.15) is 25.1 Å². The number of aryl methyl sites for hydroxylation is 1. The first-order valence-corrected chi connectivity index (χ1v) is 9.79. The van der Waals surface area contributed by atoms with E-state index in [9.17, 15) is 9.18 Å². The van der Waals surface area contributed by atoms with Gasteiger partial charge in [0.05, 0.1) is 12.1 Å². The summed E-state index contributed by atoms with van der Waals surface area (Å²) in [4.78, 5) is 12.0. The number of nitrogens with zero attached hydrogens (tertiary/aromatic N) is 1. The maximum absolute atomic E-state index is 13.6. The van der Waals surface area contributed by atoms with E-state index >= 15 is 0 Å². The Balaban J connectivity index is 2.08. The van der Waals surface area contributed by atoms with E-state index in [-0.39, 0.29) is 11.8 Å². The summed E-state index contributed by atoms with van der Waals surface area (Å²) in [5, 5.41) is 2.24. The Morgan fingerprint density at radius 3 is 2.55 bits per heavy atom. The van der Waals surface area contributed by atoms with Crippen molar-refractivity contribution in [3.8, 4) is 11.1 Å². The molecule has 29 heavy (non-hydrogen) atoms. The van der Waals surface area contributed by atoms with Crippen molar-refractivity contribution in [3.05, 3.63) is 83.9 Å². The van der Waals surface area contributed by atoms with Gasteiger partial charge in [-0.25, -0.2) is 9.18 Å². The standard InChI is InChI=1S/C25H22FNO2/c1-3-22-21(13-14-23(28)29-4-2)24(18-9-11-19(26)12-10-18)25-20-8-6-5-7-17(20)15-16-27(22)25/h5-16H,3-4H2,1-2H3. The lowest BCUT2D eigenvalue weighted by Crippen LogP contribution is -1.99. The fourth-order valence-electron chi connectivity index (χ4n) is 3.89. The molecule has 0 fully saturated rings. The number of rotatable bonds is 5. The zero-order valence-electron chi connectivity index (χ0n) is 16.5. The number of halogens is 1. The lowest BCUT2D eigenvalue weighted by molar-refractivity contribution is -0.137. The van der Waals surface area contributed by atoms with Gasteiger partial charge in [0.1, 0.15) is 5.82 Å². The molecule has 0 bridgehead atoms. The van der Waals surface area contributed by atoms with Crippen LogP contribution in [0.25, 0.3) is 33.5 Å². The molecule has 0 aliphatic rings. The molecule has 0 N–H and O–H groups in total. The van der Waals surface area contributed by atoms with Gasteiger partial charge < -0.3 is 9.14 Å². The van der Waals surface area contributed by atoms with Gasteiger partial charge in [0.15, 0.2) is 0 Å². The van der Waals surface area contributed by atoms with E-state index in [2.05, 4.69) is 35.7 Å². The molecule has 0 atom stereocenters. The van der Waals surface area contributed by atoms with Gasteiger partial charge in [-0.2, -0.15) is 0 Å². The number of aromatic nitrogens is 1. The van der Waals surface area contributed by atoms with Crippen LogP contribution in [-0.2, 0) is 16.0 Å². The van der Waals surface area contributed by atoms with E-state index in [1.807, 2.05) is 18.2 Å². The number of ether oxygens (including phenoxy) is 1. The molecule has 0 spiro atoms. The van der Waals surface area contributed by atoms with Crippen molar-refractivity contribution in [2.24, 2.45) is 0 Å². The molecule has 0 unspecified atom stereocenters. The molecule has 2 heterocycles. The van der Waals surface area contributed by atoms with E-state index in [0.29, 0.717) is 6.61 Å². The quantitative estimate of drug-likeness (QED) is 0.309. The summed E-state index contributed by atoms with van der Waals surface area (Å²) < 4.78 is 20.8. The first-order valence-electron chi connectivity index (χ1n) is 9.79. The van der Waals surface area contributed by atoms with Crippen LogP contribution < -0.4 is 0 Å². The Morgan fingerprint density at radius 1 is 1.07 bits per heavy atom. The zero-order valence-corrected chi connectivity index (χ0v) is 16.5. The van der Waals surface area contributed by atoms with E-state index in [0.717, 1.165) is 45.1 Å². The van der Waals surface area contributed by atoms with Crippen LogP contribution in [0.3, 0.4) is 0 Å². The number of fused-ring (bicyclic) bond motifs is 3. The van der Waals surface area contributed by atoms with Crippen LogP contribution in [0, 0.1) is 5.82 Å². The average Bonchev–Trinajstić information content (AvgIpc) is 3.06. The smallest absolute Gasteiger partial charge is 0.330 e. The second kappa shape index (κ2) is 7.92. The fourth-order valence-corrected chi connectivity index (χ4v) is 3.89. The van der Waals surface area contributed by atoms with Gasteiger partial charge in [-0.3, -0.25) is 0 Å². The van der Waals surface area contributed by atoms with Crippen LogP contribution in [0.2, 0.25) is 0 Å². The zero-order chi connectivity index (χ0) is 20.4. The highest BCUT2D eigenvalue weighted by Crippen LogP contribution is 2.38. The van der Waals surface area contributed by atoms with Gasteiger partial charge in [0.2, 0.25) is 0 Å². The third-order valence-electron chi connectivity index (χ3n) is 5.11. The second-order valence-electron chi connectivity index (χ2n) is 6.80. The lowest BCUT2D eigenvalue weighted by atomic mass is 9.98. The molecule has 0 saturated carbocycles. The summed E-state index contributed by atoms with van der Waals surface area (Å²) in [6, 6.07) is 16.8. The minimum atomic E-state index is -0.375. The molecule has 2 aromatic heterocycles. The molecule has 3 nitrogen and oxygen atoms in total. The molecular weight excluding hydrogens is 365 g/mol. The lowest BCUT2D eigenvalue weighted by Gasteiger charge is -2.07. The summed E-state index contributed by atoms with van der Waals surface area (Å²) in [6.07, 6.45) is 6.12. The number of pyridine rings is 1. The third kappa shape index (κ3) is 3.42. The molecule has 4 rings (SSSR count). The van der Waals surface area contributed by atoms with E-state index in [4.69, 9.17) is 4.74 Å². The fraction of sp³-hybridized carbons (Fsp3) is 0.160. The number of hydrogen-bond donors (Lipinski definition) is 0. The van der Waals surface area contributed by atoms with Crippen LogP contribution in [-0.4, -0.2) is 17.0 Å². The van der Waals surface area contributed by atoms with Crippen molar-refractivity contribution in [1.29, 1.82) is 0 Å². The molecule has 0 amide bonds. The van der Waals surface area contributed by atoms with Gasteiger partial charge in [0, 0.05) is 34.5 Å². The molecule has 0 aliphatic heterocycles. The Labute approximate surface area is 169 Å². The van der Waals surface area contributed by atoms with Crippen molar-refractivity contribution in [2.45, 2.75) is 20.3 Å². The van der Waals surface area contributed by atoms with E-state index < -0.39 is 0 Å². The molecule has 146 valence electrons. The van der Waals surface area contributed by atoms with Crippen molar-refractivity contribution in [3.63, 3.8) is 0 Å². The van der Waals surface area contributed by atoms with Gasteiger partial charge in [-0.1, -0.05) is 43.3 Å². The Bertz CT molecular complexity index is 1220. The van der Waals surface area contributed by atoms with Crippen molar-refractivity contribution in [2.75, 3.05) is 6.61 Å².